The smallest absolute Gasteiger partial charge is 0.255 e. The van der Waals surface area contributed by atoms with Crippen LogP contribution in [0.3, 0.4) is 0 Å². The van der Waals surface area contributed by atoms with Gasteiger partial charge >= 0.3 is 0 Å². The molecule has 0 radical (unpaired) electrons. The van der Waals surface area contributed by atoms with E-state index in [9.17, 15) is 34.8 Å². The molecule has 0 aliphatic heterocycles. The highest BCUT2D eigenvalue weighted by Crippen LogP contribution is 2.53. The van der Waals surface area contributed by atoms with E-state index in [2.05, 4.69) is 37.9 Å². The number of hydrogen-bond donors (Lipinski definition) is 6. The molecule has 43 heavy (non-hydrogen) atoms. The molecular weight excluding hydrogens is 552 g/mol. The minimum atomic E-state index is -2.66. The first-order valence-electron chi connectivity index (χ1n) is 14.9. The lowest BCUT2D eigenvalue weighted by Gasteiger charge is -2.50. The lowest BCUT2D eigenvalue weighted by molar-refractivity contribution is -0.148. The van der Waals surface area contributed by atoms with Crippen LogP contribution >= 0.6 is 0 Å². The fourth-order valence-corrected chi connectivity index (χ4v) is 7.01. The van der Waals surface area contributed by atoms with Gasteiger partial charge in [-0.1, -0.05) is 20.8 Å². The number of hydrogen-bond acceptors (Lipinski definition) is 10. The normalized spacial score (nSPS) is 26.3. The summed E-state index contributed by atoms with van der Waals surface area (Å²) in [6.07, 6.45) is 0.296. The number of allylic oxidation sites excluding steroid dienone is 1. The van der Waals surface area contributed by atoms with Gasteiger partial charge in [0.05, 0.1) is 11.6 Å². The van der Waals surface area contributed by atoms with Crippen LogP contribution in [0.4, 0.5) is 5.69 Å². The van der Waals surface area contributed by atoms with E-state index in [4.69, 9.17) is 5.73 Å². The van der Waals surface area contributed by atoms with Gasteiger partial charge in [0.2, 0.25) is 5.78 Å². The van der Waals surface area contributed by atoms with Crippen LogP contribution in [0.5, 0.6) is 5.75 Å². The van der Waals surface area contributed by atoms with Crippen LogP contribution in [0.1, 0.15) is 69.4 Å². The minimum absolute atomic E-state index is 0.00745. The Morgan fingerprint density at radius 3 is 2.28 bits per heavy atom. The molecule has 7 N–H and O–H groups in total. The van der Waals surface area contributed by atoms with Crippen LogP contribution in [0.15, 0.2) is 28.7 Å². The molecule has 3 aliphatic rings. The molecule has 11 nitrogen and oxygen atoms in total. The summed E-state index contributed by atoms with van der Waals surface area (Å²) < 4.78 is 0. The van der Waals surface area contributed by atoms with Gasteiger partial charge in [-0.25, -0.2) is 0 Å². The van der Waals surface area contributed by atoms with Crippen LogP contribution in [0.2, 0.25) is 0 Å². The Hall–Kier alpha value is -3.41. The lowest BCUT2D eigenvalue weighted by atomic mass is 9.58. The summed E-state index contributed by atoms with van der Waals surface area (Å²) in [5, 5.41) is 49.2. The van der Waals surface area contributed by atoms with Gasteiger partial charge in [-0.2, -0.15) is 0 Å². The molecule has 1 aromatic carbocycles. The predicted molar refractivity (Wildman–Crippen MR) is 163 cm³/mol. The maximum atomic E-state index is 14.2. The molecule has 0 saturated heterocycles. The quantitative estimate of drug-likeness (QED) is 0.244. The third kappa shape index (κ3) is 5.01. The maximum absolute atomic E-state index is 14.2. The van der Waals surface area contributed by atoms with Crippen molar-refractivity contribution in [2.75, 3.05) is 32.1 Å². The molecule has 11 heteroatoms. The summed E-state index contributed by atoms with van der Waals surface area (Å²) >= 11 is 0. The van der Waals surface area contributed by atoms with E-state index in [0.717, 1.165) is 11.3 Å². The van der Waals surface area contributed by atoms with E-state index < -0.39 is 58.0 Å². The Bertz CT molecular complexity index is 1420. The average Bonchev–Trinajstić information content (AvgIpc) is 2.90. The number of carbonyl (C=O) groups excluding carboxylic acids is 3. The molecule has 0 bridgehead atoms. The van der Waals surface area contributed by atoms with Gasteiger partial charge in [0, 0.05) is 42.9 Å². The van der Waals surface area contributed by atoms with Gasteiger partial charge in [0.1, 0.15) is 22.8 Å². The molecule has 1 aromatic rings. The van der Waals surface area contributed by atoms with Gasteiger partial charge < -0.3 is 36.4 Å². The Morgan fingerprint density at radius 1 is 1.16 bits per heavy atom. The zero-order valence-electron chi connectivity index (χ0n) is 26.4. The Kier molecular flexibility index (Phi) is 8.51. The summed E-state index contributed by atoms with van der Waals surface area (Å²) in [6.45, 7) is 14.3. The number of aliphatic hydroxyl groups excluding tert-OH is 2. The standard InChI is InChI=1S/C32H46N4O7/c1-9-36(10-2)24-17(14-34-15(3)31(4,5)6)13-20(37)22-18(24)11-16-12-19-25(35(7)8)27(39)23(30(33)42)29(41)32(19,43)28(40)21(16)26(22)38/h13,15-16,19,25,34,37,39-40,43H,9-12,14H2,1-8H3,(H2,33,42)/t15-,16+,19+,25+,32+/m1/s1. The number of fused-ring (bicyclic) bond motifs is 3. The molecule has 0 spiro atoms. The monoisotopic (exact) mass is 598 g/mol. The molecule has 0 saturated carbocycles. The van der Waals surface area contributed by atoms with Crippen molar-refractivity contribution in [2.45, 2.75) is 78.6 Å². The third-order valence-electron chi connectivity index (χ3n) is 9.75. The van der Waals surface area contributed by atoms with E-state index in [1.54, 1.807) is 25.1 Å². The highest BCUT2D eigenvalue weighted by Gasteiger charge is 2.63. The molecule has 236 valence electrons. The van der Waals surface area contributed by atoms with Crippen molar-refractivity contribution in [3.8, 4) is 5.75 Å². The van der Waals surface area contributed by atoms with Gasteiger partial charge in [-0.15, -0.1) is 0 Å². The highest BCUT2D eigenvalue weighted by molar-refractivity contribution is 6.24. The number of rotatable bonds is 8. The number of phenolic OH excluding ortho intramolecular Hbond substituents is 1. The van der Waals surface area contributed by atoms with Crippen molar-refractivity contribution in [2.24, 2.45) is 23.0 Å². The number of likely N-dealkylation sites (N-methyl/N-ethyl adjacent to an activating group) is 1. The Morgan fingerprint density at radius 2 is 1.77 bits per heavy atom. The van der Waals surface area contributed by atoms with Gasteiger partial charge in [-0.05, 0) is 76.2 Å². The third-order valence-corrected chi connectivity index (χ3v) is 9.75. The second-order valence-corrected chi connectivity index (χ2v) is 13.4. The van der Waals surface area contributed by atoms with Crippen molar-refractivity contribution in [1.29, 1.82) is 0 Å². The van der Waals surface area contributed by atoms with E-state index in [1.807, 2.05) is 13.8 Å². The number of nitrogens with two attached hydrogens (primary N) is 1. The van der Waals surface area contributed by atoms with Crippen molar-refractivity contribution < 1.29 is 34.8 Å². The lowest BCUT2D eigenvalue weighted by Crippen LogP contribution is -2.63. The fourth-order valence-electron chi connectivity index (χ4n) is 7.01. The second-order valence-electron chi connectivity index (χ2n) is 13.4. The fraction of sp³-hybridized carbons (Fsp3) is 0.594. The molecule has 0 unspecified atom stereocenters. The molecule has 3 aliphatic carbocycles. The SMILES string of the molecule is CCN(CC)c1c(CN[C@H](C)C(C)(C)C)cc(O)c2c1C[C@H]1C[C@H]3[C@H](N(C)C)C(O)=C(C(N)=O)C(=O)[C@@]3(O)C(O)=C1C2=O. The zero-order chi connectivity index (χ0) is 32.3. The van der Waals surface area contributed by atoms with Gasteiger partial charge in [0.15, 0.2) is 11.4 Å². The van der Waals surface area contributed by atoms with E-state index in [0.29, 0.717) is 25.2 Å². The average molecular weight is 599 g/mol. The van der Waals surface area contributed by atoms with Crippen molar-refractivity contribution in [3.05, 3.63) is 45.4 Å². The zero-order valence-corrected chi connectivity index (χ0v) is 26.4. The molecule has 5 atom stereocenters. The van der Waals surface area contributed by atoms with Crippen LogP contribution < -0.4 is 16.0 Å². The van der Waals surface area contributed by atoms with Crippen molar-refractivity contribution >= 4 is 23.2 Å². The number of nitrogens with zero attached hydrogens (tertiary/aromatic N) is 2. The largest absolute Gasteiger partial charge is 0.510 e. The number of ketones is 2. The summed E-state index contributed by atoms with van der Waals surface area (Å²) in [4.78, 5) is 43.6. The number of phenols is 1. The van der Waals surface area contributed by atoms with Crippen molar-refractivity contribution in [3.63, 3.8) is 0 Å². The first kappa shape index (κ1) is 32.5. The molecule has 4 rings (SSSR count). The van der Waals surface area contributed by atoms with Crippen LogP contribution in [-0.4, -0.2) is 87.7 Å². The van der Waals surface area contributed by atoms with E-state index in [1.165, 1.54) is 0 Å². The number of primary amides is 1. The van der Waals surface area contributed by atoms with Crippen LogP contribution in [0.25, 0.3) is 0 Å². The summed E-state index contributed by atoms with van der Waals surface area (Å²) in [7, 11) is 3.23. The first-order valence-corrected chi connectivity index (χ1v) is 14.9. The van der Waals surface area contributed by atoms with E-state index in [-0.39, 0.29) is 41.2 Å². The number of carbonyl (C=O) groups is 3. The Labute approximate surface area is 253 Å². The number of anilines is 1. The first-order chi connectivity index (χ1) is 19.9. The molecular formula is C32H46N4O7. The summed E-state index contributed by atoms with van der Waals surface area (Å²) in [6, 6.07) is 0.692. The number of aromatic hydroxyl groups is 1. The number of amides is 1. The Balaban J connectivity index is 1.92. The number of Topliss-reactive ketones (excluding diaryl/α,β-unsaturated/α-hetero) is 2. The maximum Gasteiger partial charge on any atom is 0.255 e. The highest BCUT2D eigenvalue weighted by atomic mass is 16.3. The van der Waals surface area contributed by atoms with E-state index >= 15 is 0 Å². The number of aliphatic hydroxyl groups is 3. The minimum Gasteiger partial charge on any atom is -0.510 e. The van der Waals surface area contributed by atoms with Gasteiger partial charge in [-0.3, -0.25) is 19.3 Å². The number of nitrogens with one attached hydrogen (secondary N) is 1. The molecule has 0 aromatic heterocycles. The predicted octanol–water partition coefficient (Wildman–Crippen LogP) is 2.49. The molecule has 0 heterocycles. The topological polar surface area (TPSA) is 177 Å². The van der Waals surface area contributed by atoms with Crippen LogP contribution in [0, 0.1) is 17.3 Å². The molecule has 1 amide bonds. The van der Waals surface area contributed by atoms with Gasteiger partial charge in [0.25, 0.3) is 5.91 Å². The van der Waals surface area contributed by atoms with Crippen molar-refractivity contribution in [1.82, 2.24) is 10.2 Å². The second kappa shape index (κ2) is 11.3. The number of benzene rings is 1. The summed E-state index contributed by atoms with van der Waals surface area (Å²) in [5.41, 5.74) is 4.11. The van der Waals surface area contributed by atoms with Crippen LogP contribution in [-0.2, 0) is 22.6 Å². The summed E-state index contributed by atoms with van der Waals surface area (Å²) in [5.74, 6) is -6.56. The molecule has 0 fully saturated rings.